The maximum absolute atomic E-state index is 13.2. The summed E-state index contributed by atoms with van der Waals surface area (Å²) in [5, 5.41) is 0. The molecule has 0 radical (unpaired) electrons. The summed E-state index contributed by atoms with van der Waals surface area (Å²) in [6, 6.07) is 19.0. The maximum Gasteiger partial charge on any atom is 0.331 e. The van der Waals surface area contributed by atoms with Gasteiger partial charge in [0.05, 0.1) is 16.6 Å². The first-order valence-corrected chi connectivity index (χ1v) is 14.7. The molecule has 1 heterocycles. The molecule has 0 aromatic heterocycles. The Morgan fingerprint density at radius 2 is 1.36 bits per heavy atom. The van der Waals surface area contributed by atoms with E-state index in [1.807, 2.05) is 67.6 Å². The summed E-state index contributed by atoms with van der Waals surface area (Å²) in [4.78, 5) is 38.8. The molecule has 2 aromatic rings. The number of hydrogen-bond donors (Lipinski definition) is 0. The van der Waals surface area contributed by atoms with Crippen LogP contribution in [0.15, 0.2) is 72.8 Å². The molecule has 1 saturated heterocycles. The number of ether oxygens (including phenoxy) is 4. The number of fused-ring (bicyclic) bond motifs is 1. The molecule has 0 N–H and O–H groups in total. The molecule has 42 heavy (non-hydrogen) atoms. The number of esters is 3. The summed E-state index contributed by atoms with van der Waals surface area (Å²) in [6.45, 7) is 9.53. The van der Waals surface area contributed by atoms with Crippen LogP contribution in [-0.2, 0) is 33.3 Å². The van der Waals surface area contributed by atoms with Crippen LogP contribution < -0.4 is 0 Å². The van der Waals surface area contributed by atoms with Crippen molar-refractivity contribution in [3.05, 3.63) is 83.9 Å². The minimum Gasteiger partial charge on any atom is -0.458 e. The van der Waals surface area contributed by atoms with Gasteiger partial charge in [-0.15, -0.1) is 0 Å². The van der Waals surface area contributed by atoms with Crippen LogP contribution in [0.5, 0.6) is 0 Å². The summed E-state index contributed by atoms with van der Waals surface area (Å²) in [5.74, 6) is -1.46. The molecule has 7 heteroatoms. The molecule has 1 spiro atoms. The Hall–Kier alpha value is -3.71. The second-order valence-electron chi connectivity index (χ2n) is 12.6. The molecule has 7 atom stereocenters. The monoisotopic (exact) mass is 572 g/mol. The van der Waals surface area contributed by atoms with Gasteiger partial charge >= 0.3 is 17.9 Å². The molecule has 3 unspecified atom stereocenters. The zero-order valence-electron chi connectivity index (χ0n) is 24.9. The van der Waals surface area contributed by atoms with Crippen molar-refractivity contribution in [3.63, 3.8) is 0 Å². The van der Waals surface area contributed by atoms with Gasteiger partial charge in [-0.3, -0.25) is 4.79 Å². The fourth-order valence-corrected chi connectivity index (χ4v) is 7.47. The third kappa shape index (κ3) is 5.54. The van der Waals surface area contributed by atoms with Crippen molar-refractivity contribution in [2.24, 2.45) is 17.3 Å². The van der Waals surface area contributed by atoms with E-state index in [1.54, 1.807) is 12.2 Å². The molecule has 2 aliphatic carbocycles. The number of carbonyl (C=O) groups excluding carboxylic acids is 3. The lowest BCUT2D eigenvalue weighted by Gasteiger charge is -2.61. The highest BCUT2D eigenvalue weighted by Crippen LogP contribution is 2.67. The van der Waals surface area contributed by atoms with Crippen LogP contribution in [-0.4, -0.2) is 47.4 Å². The highest BCUT2D eigenvalue weighted by atomic mass is 16.6. The second-order valence-corrected chi connectivity index (χ2v) is 12.6. The van der Waals surface area contributed by atoms with E-state index in [0.717, 1.165) is 17.5 Å². The van der Waals surface area contributed by atoms with Crippen molar-refractivity contribution in [1.29, 1.82) is 0 Å². The van der Waals surface area contributed by atoms with Gasteiger partial charge in [0.25, 0.3) is 0 Å². The van der Waals surface area contributed by atoms with E-state index >= 15 is 0 Å². The molecule has 5 rings (SSSR count). The molecule has 2 bridgehead atoms. The Balaban J connectivity index is 1.47. The van der Waals surface area contributed by atoms with E-state index in [-0.39, 0.29) is 11.8 Å². The van der Waals surface area contributed by atoms with Crippen molar-refractivity contribution in [2.45, 2.75) is 83.4 Å². The molecule has 3 aliphatic rings. The third-order valence-electron chi connectivity index (χ3n) is 9.61. The van der Waals surface area contributed by atoms with Gasteiger partial charge in [-0.1, -0.05) is 67.6 Å². The average molecular weight is 573 g/mol. The van der Waals surface area contributed by atoms with E-state index in [9.17, 15) is 14.4 Å². The Morgan fingerprint density at radius 3 is 1.90 bits per heavy atom. The third-order valence-corrected chi connectivity index (χ3v) is 9.61. The molecule has 2 saturated carbocycles. The average Bonchev–Trinajstić information content (AvgIpc) is 3.20. The minimum absolute atomic E-state index is 0.0733. The van der Waals surface area contributed by atoms with Crippen LogP contribution in [0.4, 0.5) is 0 Å². The molecule has 1 aliphatic heterocycles. The zero-order valence-corrected chi connectivity index (χ0v) is 24.9. The van der Waals surface area contributed by atoms with Gasteiger partial charge in [-0.2, -0.15) is 0 Å². The van der Waals surface area contributed by atoms with Gasteiger partial charge < -0.3 is 18.9 Å². The number of carbonyl (C=O) groups is 3. The first kappa shape index (κ1) is 29.8. The molecule has 222 valence electrons. The summed E-state index contributed by atoms with van der Waals surface area (Å²) in [5.41, 5.74) is -0.463. The fraction of sp³-hybridized carbons (Fsp3) is 0.457. The smallest absolute Gasteiger partial charge is 0.331 e. The van der Waals surface area contributed by atoms with Crippen LogP contribution in [0.3, 0.4) is 0 Å². The lowest BCUT2D eigenvalue weighted by molar-refractivity contribution is -0.284. The summed E-state index contributed by atoms with van der Waals surface area (Å²) in [7, 11) is 0. The Bertz CT molecular complexity index is 1360. The Labute approximate surface area is 247 Å². The van der Waals surface area contributed by atoms with Crippen LogP contribution in [0, 0.1) is 17.3 Å². The first-order valence-electron chi connectivity index (χ1n) is 14.7. The molecule has 7 nitrogen and oxygen atoms in total. The summed E-state index contributed by atoms with van der Waals surface area (Å²) >= 11 is 0. The quantitative estimate of drug-likeness (QED) is 0.223. The van der Waals surface area contributed by atoms with Crippen molar-refractivity contribution < 1.29 is 33.3 Å². The number of rotatable bonds is 7. The van der Waals surface area contributed by atoms with Crippen molar-refractivity contribution in [3.8, 4) is 0 Å². The first-order chi connectivity index (χ1) is 19.9. The number of hydrogen-bond acceptors (Lipinski definition) is 7. The van der Waals surface area contributed by atoms with Crippen molar-refractivity contribution in [2.75, 3.05) is 0 Å². The fourth-order valence-electron chi connectivity index (χ4n) is 7.47. The minimum atomic E-state index is -0.981. The predicted molar refractivity (Wildman–Crippen MR) is 159 cm³/mol. The Kier molecular flexibility index (Phi) is 8.17. The SMILES string of the molecule is CC(=O)O[C@H]1[C@@H](OC(=O)/C=C/c2ccccc2)C[C@@H](C)C23CC(CC(OC(=O)/C=C/c4ccccc4)[C@]12C)C(C)(C)O3. The molecular weight excluding hydrogens is 532 g/mol. The number of benzene rings is 2. The molecular formula is C35H40O7. The standard InChI is InChI=1S/C35H40O7/c1-23-20-28(40-30(37)18-16-25-12-8-6-9-13-25)32(39-24(2)36)34(5)29(21-27-22-35(23,34)42-33(27,3)4)41-31(38)19-17-26-14-10-7-11-15-26/h6-19,23,27-29,32H,20-22H2,1-5H3/b18-16+,19-17+/t23-,27?,28+,29?,32+,34-,35?/m1/s1. The maximum atomic E-state index is 13.2. The normalized spacial score (nSPS) is 33.2. The van der Waals surface area contributed by atoms with Crippen molar-refractivity contribution >= 4 is 30.1 Å². The topological polar surface area (TPSA) is 88.1 Å². The molecule has 0 amide bonds. The van der Waals surface area contributed by atoms with Gasteiger partial charge in [0.2, 0.25) is 0 Å². The summed E-state index contributed by atoms with van der Waals surface area (Å²) < 4.78 is 25.2. The largest absolute Gasteiger partial charge is 0.458 e. The molecule has 2 aromatic carbocycles. The van der Waals surface area contributed by atoms with Gasteiger partial charge in [-0.25, -0.2) is 9.59 Å². The van der Waals surface area contributed by atoms with Gasteiger partial charge in [0.1, 0.15) is 12.2 Å². The van der Waals surface area contributed by atoms with E-state index in [0.29, 0.717) is 12.8 Å². The van der Waals surface area contributed by atoms with Crippen molar-refractivity contribution in [1.82, 2.24) is 0 Å². The lowest BCUT2D eigenvalue weighted by atomic mass is 9.49. The van der Waals surface area contributed by atoms with E-state index in [1.165, 1.54) is 19.1 Å². The molecule has 3 fully saturated rings. The van der Waals surface area contributed by atoms with Gasteiger partial charge in [0.15, 0.2) is 6.10 Å². The summed E-state index contributed by atoms with van der Waals surface area (Å²) in [6.07, 6.45) is 5.65. The Morgan fingerprint density at radius 1 is 0.810 bits per heavy atom. The lowest BCUT2D eigenvalue weighted by Crippen LogP contribution is -2.71. The van der Waals surface area contributed by atoms with Gasteiger partial charge in [-0.05, 0) is 75.1 Å². The van der Waals surface area contributed by atoms with E-state index < -0.39 is 52.8 Å². The van der Waals surface area contributed by atoms with Crippen LogP contribution in [0.2, 0.25) is 0 Å². The van der Waals surface area contributed by atoms with E-state index in [2.05, 4.69) is 20.8 Å². The predicted octanol–water partition coefficient (Wildman–Crippen LogP) is 6.17. The second kappa shape index (κ2) is 11.5. The highest BCUT2D eigenvalue weighted by molar-refractivity contribution is 5.88. The van der Waals surface area contributed by atoms with Crippen LogP contribution >= 0.6 is 0 Å². The van der Waals surface area contributed by atoms with Crippen LogP contribution in [0.1, 0.15) is 65.0 Å². The van der Waals surface area contributed by atoms with Crippen LogP contribution in [0.25, 0.3) is 12.2 Å². The van der Waals surface area contributed by atoms with E-state index in [4.69, 9.17) is 18.9 Å². The van der Waals surface area contributed by atoms with Gasteiger partial charge in [0, 0.05) is 19.1 Å². The highest BCUT2D eigenvalue weighted by Gasteiger charge is 2.75. The zero-order chi connectivity index (χ0) is 30.1.